The van der Waals surface area contributed by atoms with E-state index in [1.165, 1.54) is 17.0 Å². The molecule has 1 atom stereocenters. The molecule has 0 saturated carbocycles. The lowest BCUT2D eigenvalue weighted by Crippen LogP contribution is -2.51. The monoisotopic (exact) mass is 599 g/mol. The second-order valence-corrected chi connectivity index (χ2v) is 12.4. The Balaban J connectivity index is 2.03. The molecule has 0 aliphatic heterocycles. The number of rotatable bonds is 13. The first-order chi connectivity index (χ1) is 19.4. The Morgan fingerprint density at radius 2 is 1.59 bits per heavy atom. The smallest absolute Gasteiger partial charge is 0.264 e. The number of carbonyl (C=O) groups is 2. The van der Waals surface area contributed by atoms with Crippen LogP contribution in [0.3, 0.4) is 0 Å². The van der Waals surface area contributed by atoms with E-state index in [2.05, 4.69) is 5.32 Å². The number of amides is 2. The Morgan fingerprint density at radius 1 is 0.951 bits per heavy atom. The van der Waals surface area contributed by atoms with E-state index in [0.29, 0.717) is 29.5 Å². The Morgan fingerprint density at radius 3 is 2.17 bits per heavy atom. The molecular formula is C31H38ClN3O5S. The first-order valence-electron chi connectivity index (χ1n) is 13.6. The summed E-state index contributed by atoms with van der Waals surface area (Å²) < 4.78 is 34.4. The van der Waals surface area contributed by atoms with Crippen LogP contribution < -0.4 is 14.4 Å². The van der Waals surface area contributed by atoms with Crippen LogP contribution in [0, 0.1) is 12.8 Å². The van der Waals surface area contributed by atoms with Gasteiger partial charge in [0.15, 0.2) is 0 Å². The van der Waals surface area contributed by atoms with Gasteiger partial charge in [-0.05, 0) is 74.7 Å². The summed E-state index contributed by atoms with van der Waals surface area (Å²) in [6.07, 6.45) is 0. The summed E-state index contributed by atoms with van der Waals surface area (Å²) in [4.78, 5) is 28.5. The van der Waals surface area contributed by atoms with E-state index >= 15 is 0 Å². The van der Waals surface area contributed by atoms with Crippen molar-refractivity contribution in [2.45, 2.75) is 52.1 Å². The molecule has 0 fully saturated rings. The van der Waals surface area contributed by atoms with Crippen molar-refractivity contribution in [3.63, 3.8) is 0 Å². The van der Waals surface area contributed by atoms with Crippen LogP contribution in [0.4, 0.5) is 5.69 Å². The fourth-order valence-electron chi connectivity index (χ4n) is 4.09. The third-order valence-corrected chi connectivity index (χ3v) is 8.63. The number of benzene rings is 3. The number of anilines is 1. The lowest BCUT2D eigenvalue weighted by atomic mass is 10.1. The van der Waals surface area contributed by atoms with Gasteiger partial charge in [0.1, 0.15) is 18.3 Å². The molecule has 0 spiro atoms. The molecule has 0 aromatic heterocycles. The molecule has 0 aliphatic carbocycles. The van der Waals surface area contributed by atoms with Crippen molar-refractivity contribution in [3.8, 4) is 5.75 Å². The molecule has 0 unspecified atom stereocenters. The maximum Gasteiger partial charge on any atom is 0.264 e. The van der Waals surface area contributed by atoms with E-state index < -0.39 is 28.5 Å². The highest BCUT2D eigenvalue weighted by Gasteiger charge is 2.32. The van der Waals surface area contributed by atoms with Gasteiger partial charge in [-0.2, -0.15) is 0 Å². The number of hydrogen-bond acceptors (Lipinski definition) is 5. The Labute approximate surface area is 248 Å². The van der Waals surface area contributed by atoms with Crippen LogP contribution in [0.1, 0.15) is 38.8 Å². The lowest BCUT2D eigenvalue weighted by Gasteiger charge is -2.32. The molecule has 10 heteroatoms. The number of nitrogens with zero attached hydrogens (tertiary/aromatic N) is 2. The van der Waals surface area contributed by atoms with Gasteiger partial charge in [0, 0.05) is 18.1 Å². The summed E-state index contributed by atoms with van der Waals surface area (Å²) in [6, 6.07) is 19.1. The van der Waals surface area contributed by atoms with Crippen molar-refractivity contribution in [2.24, 2.45) is 5.92 Å². The molecule has 220 valence electrons. The van der Waals surface area contributed by atoms with Gasteiger partial charge in [-0.15, -0.1) is 0 Å². The number of aryl methyl sites for hydroxylation is 1. The third kappa shape index (κ3) is 8.47. The van der Waals surface area contributed by atoms with Gasteiger partial charge in [0.05, 0.1) is 17.2 Å². The van der Waals surface area contributed by atoms with Gasteiger partial charge in [0.2, 0.25) is 11.8 Å². The number of nitrogens with one attached hydrogen (secondary N) is 1. The van der Waals surface area contributed by atoms with Crippen LogP contribution in [-0.4, -0.2) is 50.9 Å². The van der Waals surface area contributed by atoms with E-state index in [1.807, 2.05) is 27.7 Å². The minimum Gasteiger partial charge on any atom is -0.494 e. The Kier molecular flexibility index (Phi) is 11.2. The van der Waals surface area contributed by atoms with Gasteiger partial charge in [-0.1, -0.05) is 61.3 Å². The van der Waals surface area contributed by atoms with Gasteiger partial charge in [-0.25, -0.2) is 8.42 Å². The fraction of sp³-hybridized carbons (Fsp3) is 0.355. The van der Waals surface area contributed by atoms with Crippen LogP contribution in [0.5, 0.6) is 5.75 Å². The van der Waals surface area contributed by atoms with Crippen molar-refractivity contribution in [1.29, 1.82) is 0 Å². The molecule has 0 saturated heterocycles. The summed E-state index contributed by atoms with van der Waals surface area (Å²) in [5, 5.41) is 3.31. The maximum atomic E-state index is 14.0. The van der Waals surface area contributed by atoms with Gasteiger partial charge in [0.25, 0.3) is 10.0 Å². The summed E-state index contributed by atoms with van der Waals surface area (Å²) >= 11 is 6.41. The van der Waals surface area contributed by atoms with E-state index in [4.69, 9.17) is 16.3 Å². The maximum absolute atomic E-state index is 14.0. The van der Waals surface area contributed by atoms with Crippen LogP contribution in [0.2, 0.25) is 5.02 Å². The van der Waals surface area contributed by atoms with E-state index in [-0.39, 0.29) is 29.0 Å². The topological polar surface area (TPSA) is 96.0 Å². The van der Waals surface area contributed by atoms with Gasteiger partial charge < -0.3 is 15.0 Å². The molecule has 0 radical (unpaired) electrons. The lowest BCUT2D eigenvalue weighted by molar-refractivity contribution is -0.139. The van der Waals surface area contributed by atoms with E-state index in [9.17, 15) is 18.0 Å². The molecule has 8 nitrogen and oxygen atoms in total. The van der Waals surface area contributed by atoms with Crippen molar-refractivity contribution in [2.75, 3.05) is 24.0 Å². The third-order valence-electron chi connectivity index (χ3n) is 6.47. The van der Waals surface area contributed by atoms with Gasteiger partial charge in [-0.3, -0.25) is 13.9 Å². The second-order valence-electron chi connectivity index (χ2n) is 10.2. The fourth-order valence-corrected chi connectivity index (χ4v) is 5.70. The normalized spacial score (nSPS) is 12.1. The average molecular weight is 600 g/mol. The number of carbonyl (C=O) groups excluding carboxylic acids is 2. The Hall–Kier alpha value is -3.56. The van der Waals surface area contributed by atoms with E-state index in [1.54, 1.807) is 67.6 Å². The first kappa shape index (κ1) is 32.0. The number of ether oxygens (including phenoxy) is 1. The predicted octanol–water partition coefficient (Wildman–Crippen LogP) is 5.43. The number of sulfonamides is 1. The standard InChI is InChI=1S/C31H38ClN3O5S/c1-6-40-27-15-13-26(14-16-27)35(41(38,39)28-17-11-23(4)12-18-28)21-30(36)34(20-25-9-7-8-10-29(25)32)24(5)31(37)33-19-22(2)3/h7-18,22,24H,6,19-21H2,1-5H3,(H,33,37)/t24-/m0/s1. The highest BCUT2D eigenvalue weighted by atomic mass is 35.5. The van der Waals surface area contributed by atoms with Crippen LogP contribution >= 0.6 is 11.6 Å². The average Bonchev–Trinajstić information content (AvgIpc) is 2.94. The van der Waals surface area contributed by atoms with Crippen LogP contribution in [0.25, 0.3) is 0 Å². The quantitative estimate of drug-likeness (QED) is 0.283. The molecule has 0 bridgehead atoms. The molecule has 0 aliphatic rings. The summed E-state index contributed by atoms with van der Waals surface area (Å²) in [5.74, 6) is -0.102. The molecule has 1 N–H and O–H groups in total. The molecule has 3 aromatic carbocycles. The second kappa shape index (κ2) is 14.4. The first-order valence-corrected chi connectivity index (χ1v) is 15.4. The van der Waals surface area contributed by atoms with Gasteiger partial charge >= 0.3 is 0 Å². The minimum absolute atomic E-state index is 0.0243. The van der Waals surface area contributed by atoms with Crippen molar-refractivity contribution < 1.29 is 22.7 Å². The highest BCUT2D eigenvalue weighted by Crippen LogP contribution is 2.27. The summed E-state index contributed by atoms with van der Waals surface area (Å²) in [6.45, 7) is 9.68. The number of halogens is 1. The zero-order valence-corrected chi connectivity index (χ0v) is 25.7. The molecule has 41 heavy (non-hydrogen) atoms. The molecule has 3 rings (SSSR count). The van der Waals surface area contributed by atoms with Crippen molar-refractivity contribution in [3.05, 3.63) is 88.9 Å². The van der Waals surface area contributed by atoms with Crippen molar-refractivity contribution in [1.82, 2.24) is 10.2 Å². The number of hydrogen-bond donors (Lipinski definition) is 1. The summed E-state index contributed by atoms with van der Waals surface area (Å²) in [5.41, 5.74) is 1.83. The predicted molar refractivity (Wildman–Crippen MR) is 163 cm³/mol. The zero-order chi connectivity index (χ0) is 30.2. The molecular weight excluding hydrogens is 562 g/mol. The molecule has 3 aromatic rings. The zero-order valence-electron chi connectivity index (χ0n) is 24.1. The largest absolute Gasteiger partial charge is 0.494 e. The Bertz CT molecular complexity index is 1430. The SMILES string of the molecule is CCOc1ccc(N(CC(=O)N(Cc2ccccc2Cl)[C@@H](C)C(=O)NCC(C)C)S(=O)(=O)c2ccc(C)cc2)cc1. The minimum atomic E-state index is -4.15. The van der Waals surface area contributed by atoms with Crippen molar-refractivity contribution >= 4 is 39.1 Å². The van der Waals surface area contributed by atoms with Crippen LogP contribution in [-0.2, 0) is 26.2 Å². The molecule has 0 heterocycles. The van der Waals surface area contributed by atoms with E-state index in [0.717, 1.165) is 9.87 Å². The summed E-state index contributed by atoms with van der Waals surface area (Å²) in [7, 11) is -4.15. The highest BCUT2D eigenvalue weighted by molar-refractivity contribution is 7.92. The molecule has 2 amide bonds. The van der Waals surface area contributed by atoms with Crippen LogP contribution in [0.15, 0.2) is 77.7 Å².